The first-order valence-corrected chi connectivity index (χ1v) is 10.0. The van der Waals surface area contributed by atoms with Crippen LogP contribution in [-0.4, -0.2) is 16.1 Å². The lowest BCUT2D eigenvalue weighted by atomic mass is 10.1. The predicted octanol–water partition coefficient (Wildman–Crippen LogP) is 5.66. The topological polar surface area (TPSA) is 93.7 Å². The third-order valence-corrected chi connectivity index (χ3v) is 5.54. The van der Waals surface area contributed by atoms with Crippen molar-refractivity contribution in [3.8, 4) is 11.3 Å². The zero-order valence-electron chi connectivity index (χ0n) is 15.9. The fourth-order valence-corrected chi connectivity index (χ4v) is 4.06. The summed E-state index contributed by atoms with van der Waals surface area (Å²) in [5, 5.41) is 10.9. The quantitative estimate of drug-likeness (QED) is 0.300. The van der Waals surface area contributed by atoms with E-state index in [2.05, 4.69) is 0 Å². The minimum atomic E-state index is -0.478. The minimum absolute atomic E-state index is 0.0742. The Kier molecular flexibility index (Phi) is 5.24. The number of nitro benzene ring substituents is 1. The number of hydrogen-bond donors (Lipinski definition) is 0. The van der Waals surface area contributed by atoms with Crippen molar-refractivity contribution in [2.24, 2.45) is 0 Å². The molecule has 0 saturated carbocycles. The van der Waals surface area contributed by atoms with Gasteiger partial charge in [0, 0.05) is 12.1 Å². The first kappa shape index (κ1) is 19.7. The van der Waals surface area contributed by atoms with Gasteiger partial charge in [-0.25, -0.2) is 4.90 Å². The summed E-state index contributed by atoms with van der Waals surface area (Å²) in [6.45, 7) is 1.96. The number of carbonyl (C=O) groups is 2. The van der Waals surface area contributed by atoms with Gasteiger partial charge in [0.15, 0.2) is 0 Å². The Balaban J connectivity index is 1.65. The molecule has 0 atom stereocenters. The van der Waals surface area contributed by atoms with E-state index in [9.17, 15) is 19.7 Å². The smallest absolute Gasteiger partial charge is 0.298 e. The van der Waals surface area contributed by atoms with E-state index < -0.39 is 10.8 Å². The average molecular weight is 420 g/mol. The lowest BCUT2D eigenvalue weighted by Gasteiger charge is -2.16. The molecular weight excluding hydrogens is 404 g/mol. The molecule has 0 radical (unpaired) electrons. The van der Waals surface area contributed by atoms with Gasteiger partial charge in [0.1, 0.15) is 11.5 Å². The third kappa shape index (κ3) is 3.53. The number of rotatable bonds is 5. The van der Waals surface area contributed by atoms with Crippen molar-refractivity contribution in [3.63, 3.8) is 0 Å². The Morgan fingerprint density at radius 3 is 2.57 bits per heavy atom. The van der Waals surface area contributed by atoms with Crippen LogP contribution < -0.4 is 4.90 Å². The van der Waals surface area contributed by atoms with Crippen LogP contribution >= 0.6 is 11.8 Å². The normalized spacial score (nSPS) is 15.2. The average Bonchev–Trinajstić information content (AvgIpc) is 3.32. The second kappa shape index (κ2) is 8.00. The molecular formula is C22H16N2O5S. The first-order chi connectivity index (χ1) is 14.5. The molecule has 0 aliphatic carbocycles. The van der Waals surface area contributed by atoms with Gasteiger partial charge in [0.05, 0.1) is 21.1 Å². The number of furan rings is 1. The van der Waals surface area contributed by atoms with E-state index >= 15 is 0 Å². The molecule has 0 bridgehead atoms. The highest BCUT2D eigenvalue weighted by Crippen LogP contribution is 2.38. The van der Waals surface area contributed by atoms with Crippen LogP contribution in [0.15, 0.2) is 70.0 Å². The van der Waals surface area contributed by atoms with Gasteiger partial charge in [-0.05, 0) is 48.0 Å². The van der Waals surface area contributed by atoms with Gasteiger partial charge in [-0.1, -0.05) is 37.3 Å². The molecule has 0 unspecified atom stereocenters. The van der Waals surface area contributed by atoms with Gasteiger partial charge in [0.2, 0.25) is 0 Å². The van der Waals surface area contributed by atoms with Gasteiger partial charge in [-0.3, -0.25) is 19.7 Å². The second-order valence-electron chi connectivity index (χ2n) is 6.48. The van der Waals surface area contributed by atoms with Crippen LogP contribution in [0.2, 0.25) is 0 Å². The van der Waals surface area contributed by atoms with Crippen LogP contribution in [0.4, 0.5) is 16.2 Å². The van der Waals surface area contributed by atoms with Gasteiger partial charge in [0.25, 0.3) is 16.8 Å². The molecule has 4 rings (SSSR count). The van der Waals surface area contributed by atoms with E-state index in [0.717, 1.165) is 17.3 Å². The first-order valence-electron chi connectivity index (χ1n) is 9.19. The molecule has 2 amide bonds. The summed E-state index contributed by atoms with van der Waals surface area (Å²) >= 11 is 0.834. The number of aryl methyl sites for hydroxylation is 1. The maximum atomic E-state index is 12.9. The molecule has 1 aromatic heterocycles. The van der Waals surface area contributed by atoms with E-state index in [-0.39, 0.29) is 15.8 Å². The van der Waals surface area contributed by atoms with Crippen molar-refractivity contribution in [2.45, 2.75) is 13.3 Å². The van der Waals surface area contributed by atoms with E-state index in [1.165, 1.54) is 17.0 Å². The van der Waals surface area contributed by atoms with E-state index in [4.69, 9.17) is 4.42 Å². The summed E-state index contributed by atoms with van der Waals surface area (Å²) in [7, 11) is 0. The zero-order chi connectivity index (χ0) is 21.3. The summed E-state index contributed by atoms with van der Waals surface area (Å²) in [6, 6.07) is 16.7. The number of carbonyl (C=O) groups excluding carboxylic acids is 2. The number of imide groups is 1. The number of para-hydroxylation sites is 2. The zero-order valence-corrected chi connectivity index (χ0v) is 16.7. The fourth-order valence-electron chi connectivity index (χ4n) is 3.25. The molecule has 8 heteroatoms. The Morgan fingerprint density at radius 2 is 1.80 bits per heavy atom. The van der Waals surface area contributed by atoms with Gasteiger partial charge in [-0.15, -0.1) is 0 Å². The highest BCUT2D eigenvalue weighted by molar-refractivity contribution is 8.19. The summed E-state index contributed by atoms with van der Waals surface area (Å²) in [6.07, 6.45) is 2.17. The number of nitrogens with zero attached hydrogens (tertiary/aromatic N) is 2. The lowest BCUT2D eigenvalue weighted by Crippen LogP contribution is -2.28. The molecule has 2 aromatic carbocycles. The number of benzene rings is 2. The fraction of sp³-hybridized carbons (Fsp3) is 0.0909. The van der Waals surface area contributed by atoms with Crippen molar-refractivity contribution in [3.05, 3.63) is 87.0 Å². The molecule has 3 aromatic rings. The molecule has 30 heavy (non-hydrogen) atoms. The largest absolute Gasteiger partial charge is 0.456 e. The van der Waals surface area contributed by atoms with Crippen molar-refractivity contribution in [2.75, 3.05) is 4.90 Å². The Bertz CT molecular complexity index is 1200. The van der Waals surface area contributed by atoms with Crippen LogP contribution in [0.1, 0.15) is 18.2 Å². The van der Waals surface area contributed by atoms with Crippen molar-refractivity contribution >= 4 is 40.4 Å². The van der Waals surface area contributed by atoms with Gasteiger partial charge in [-0.2, -0.15) is 0 Å². The lowest BCUT2D eigenvalue weighted by molar-refractivity contribution is -0.384. The van der Waals surface area contributed by atoms with Crippen molar-refractivity contribution < 1.29 is 18.9 Å². The molecule has 7 nitrogen and oxygen atoms in total. The molecule has 1 aliphatic heterocycles. The number of anilines is 1. The van der Waals surface area contributed by atoms with Crippen LogP contribution in [0.25, 0.3) is 17.4 Å². The standard InChI is InChI=1S/C22H16N2O5S/c1-2-14-7-3-5-9-17(14)23-21(25)20(30-22(23)26)13-15-11-12-19(29-15)16-8-4-6-10-18(16)24(27)28/h3-13H,2H2,1H3/b20-13+. The van der Waals surface area contributed by atoms with Crippen LogP contribution in [0.5, 0.6) is 0 Å². The SMILES string of the molecule is CCc1ccccc1N1C(=O)S/C(=C/c2ccc(-c3ccccc3[N+](=O)[O-])o2)C1=O. The monoisotopic (exact) mass is 420 g/mol. The van der Waals surface area contributed by atoms with Crippen LogP contribution in [0.3, 0.4) is 0 Å². The summed E-state index contributed by atoms with van der Waals surface area (Å²) in [4.78, 5) is 37.6. The molecule has 150 valence electrons. The Labute approximate surface area is 176 Å². The Hall–Kier alpha value is -3.65. The molecule has 0 spiro atoms. The number of thioether (sulfide) groups is 1. The molecule has 0 N–H and O–H groups in total. The minimum Gasteiger partial charge on any atom is -0.456 e. The predicted molar refractivity (Wildman–Crippen MR) is 115 cm³/mol. The molecule has 1 aliphatic rings. The Morgan fingerprint density at radius 1 is 1.07 bits per heavy atom. The van der Waals surface area contributed by atoms with Gasteiger partial charge < -0.3 is 4.42 Å². The number of nitro groups is 1. The van der Waals surface area contributed by atoms with Crippen LogP contribution in [-0.2, 0) is 11.2 Å². The second-order valence-corrected chi connectivity index (χ2v) is 7.47. The molecule has 1 saturated heterocycles. The highest BCUT2D eigenvalue weighted by Gasteiger charge is 2.37. The van der Waals surface area contributed by atoms with Gasteiger partial charge >= 0.3 is 0 Å². The van der Waals surface area contributed by atoms with E-state index in [1.807, 2.05) is 19.1 Å². The summed E-state index contributed by atoms with van der Waals surface area (Å²) in [5.41, 5.74) is 1.74. The number of amides is 2. The third-order valence-electron chi connectivity index (χ3n) is 4.67. The summed E-state index contributed by atoms with van der Waals surface area (Å²) in [5.74, 6) is 0.219. The van der Waals surface area contributed by atoms with Crippen LogP contribution in [0, 0.1) is 10.1 Å². The number of hydrogen-bond acceptors (Lipinski definition) is 6. The van der Waals surface area contributed by atoms with E-state index in [0.29, 0.717) is 29.2 Å². The maximum absolute atomic E-state index is 12.9. The van der Waals surface area contributed by atoms with Crippen molar-refractivity contribution in [1.82, 2.24) is 0 Å². The van der Waals surface area contributed by atoms with Crippen molar-refractivity contribution in [1.29, 1.82) is 0 Å². The molecule has 1 fully saturated rings. The summed E-state index contributed by atoms with van der Waals surface area (Å²) < 4.78 is 5.72. The molecule has 2 heterocycles. The van der Waals surface area contributed by atoms with E-state index in [1.54, 1.807) is 42.5 Å². The maximum Gasteiger partial charge on any atom is 0.298 e. The highest BCUT2D eigenvalue weighted by atomic mass is 32.2.